The summed E-state index contributed by atoms with van der Waals surface area (Å²) in [6, 6.07) is 7.87. The fourth-order valence-electron chi connectivity index (χ4n) is 1.57. The van der Waals surface area contributed by atoms with Crippen LogP contribution in [-0.2, 0) is 0 Å². The number of benzene rings is 1. The lowest BCUT2D eigenvalue weighted by Gasteiger charge is -2.16. The smallest absolute Gasteiger partial charge is 0.0570 e. The quantitative estimate of drug-likeness (QED) is 0.535. The van der Waals surface area contributed by atoms with E-state index in [1.807, 2.05) is 31.3 Å². The SMILES string of the molecule is CNc1ccc(N(N)/C=C(\N)CCC(C)C)cc1. The zero-order chi connectivity index (χ0) is 13.5. The van der Waals surface area contributed by atoms with Crippen LogP contribution in [0, 0.1) is 5.92 Å². The second-order valence-corrected chi connectivity index (χ2v) is 4.84. The first-order chi connectivity index (χ1) is 8.52. The molecule has 0 aliphatic carbocycles. The largest absolute Gasteiger partial charge is 0.401 e. The highest BCUT2D eigenvalue weighted by Crippen LogP contribution is 2.16. The number of anilines is 2. The van der Waals surface area contributed by atoms with E-state index in [-0.39, 0.29) is 0 Å². The Morgan fingerprint density at radius 1 is 1.33 bits per heavy atom. The number of hydrazine groups is 1. The molecule has 0 heterocycles. The number of nitrogens with zero attached hydrogens (tertiary/aromatic N) is 1. The number of nitrogens with one attached hydrogen (secondary N) is 1. The third-order valence-corrected chi connectivity index (χ3v) is 2.77. The molecule has 0 spiro atoms. The highest BCUT2D eigenvalue weighted by molar-refractivity contribution is 5.55. The maximum atomic E-state index is 5.95. The minimum Gasteiger partial charge on any atom is -0.401 e. The molecule has 0 aliphatic heterocycles. The Morgan fingerprint density at radius 2 is 1.94 bits per heavy atom. The Bertz CT molecular complexity index is 381. The Morgan fingerprint density at radius 3 is 2.44 bits per heavy atom. The van der Waals surface area contributed by atoms with Gasteiger partial charge in [-0.15, -0.1) is 0 Å². The minimum absolute atomic E-state index is 0.651. The van der Waals surface area contributed by atoms with E-state index in [4.69, 9.17) is 11.6 Å². The van der Waals surface area contributed by atoms with Crippen molar-refractivity contribution >= 4 is 11.4 Å². The van der Waals surface area contributed by atoms with Gasteiger partial charge in [0, 0.05) is 24.6 Å². The maximum Gasteiger partial charge on any atom is 0.0570 e. The van der Waals surface area contributed by atoms with Crippen molar-refractivity contribution in [2.45, 2.75) is 26.7 Å². The maximum absolute atomic E-state index is 5.95. The molecule has 4 heteroatoms. The second-order valence-electron chi connectivity index (χ2n) is 4.84. The van der Waals surface area contributed by atoms with Gasteiger partial charge in [-0.1, -0.05) is 13.8 Å². The van der Waals surface area contributed by atoms with Gasteiger partial charge in [0.25, 0.3) is 0 Å². The lowest BCUT2D eigenvalue weighted by atomic mass is 10.1. The molecule has 0 fully saturated rings. The minimum atomic E-state index is 0.651. The van der Waals surface area contributed by atoms with Crippen molar-refractivity contribution < 1.29 is 0 Å². The highest BCUT2D eigenvalue weighted by atomic mass is 15.4. The van der Waals surface area contributed by atoms with Gasteiger partial charge in [0.05, 0.1) is 5.69 Å². The first-order valence-electron chi connectivity index (χ1n) is 6.31. The third-order valence-electron chi connectivity index (χ3n) is 2.77. The van der Waals surface area contributed by atoms with E-state index in [1.54, 1.807) is 11.2 Å². The van der Waals surface area contributed by atoms with Crippen LogP contribution >= 0.6 is 0 Å². The van der Waals surface area contributed by atoms with Crippen LogP contribution in [0.2, 0.25) is 0 Å². The summed E-state index contributed by atoms with van der Waals surface area (Å²) >= 11 is 0. The van der Waals surface area contributed by atoms with Crippen LogP contribution in [0.15, 0.2) is 36.2 Å². The summed E-state index contributed by atoms with van der Waals surface area (Å²) in [7, 11) is 1.89. The van der Waals surface area contributed by atoms with Crippen LogP contribution in [0.4, 0.5) is 11.4 Å². The number of hydrogen-bond donors (Lipinski definition) is 3. The average Bonchev–Trinajstić information content (AvgIpc) is 2.36. The van der Waals surface area contributed by atoms with Gasteiger partial charge in [-0.3, -0.25) is 5.01 Å². The Kier molecular flexibility index (Phi) is 5.52. The van der Waals surface area contributed by atoms with Crippen molar-refractivity contribution in [1.29, 1.82) is 0 Å². The third kappa shape index (κ3) is 4.67. The molecule has 5 N–H and O–H groups in total. The first-order valence-corrected chi connectivity index (χ1v) is 6.31. The Hall–Kier alpha value is -1.68. The van der Waals surface area contributed by atoms with Gasteiger partial charge in [0.2, 0.25) is 0 Å². The Balaban J connectivity index is 2.62. The molecule has 18 heavy (non-hydrogen) atoms. The van der Waals surface area contributed by atoms with Gasteiger partial charge >= 0.3 is 0 Å². The molecule has 0 bridgehead atoms. The van der Waals surface area contributed by atoms with Crippen molar-refractivity contribution in [3.05, 3.63) is 36.2 Å². The fourth-order valence-corrected chi connectivity index (χ4v) is 1.57. The number of allylic oxidation sites excluding steroid dienone is 1. The van der Waals surface area contributed by atoms with Crippen LogP contribution in [-0.4, -0.2) is 7.05 Å². The molecule has 4 nitrogen and oxygen atoms in total. The molecule has 0 atom stereocenters. The molecule has 0 saturated carbocycles. The summed E-state index contributed by atoms with van der Waals surface area (Å²) in [4.78, 5) is 0. The first kappa shape index (κ1) is 14.4. The molecule has 1 aromatic rings. The molecule has 1 rings (SSSR count). The fraction of sp³-hybridized carbons (Fsp3) is 0.429. The van der Waals surface area contributed by atoms with Crippen LogP contribution in [0.1, 0.15) is 26.7 Å². The van der Waals surface area contributed by atoms with Crippen LogP contribution in [0.5, 0.6) is 0 Å². The predicted molar refractivity (Wildman–Crippen MR) is 79.0 cm³/mol. The monoisotopic (exact) mass is 248 g/mol. The molecule has 1 aromatic carbocycles. The number of rotatable bonds is 6. The van der Waals surface area contributed by atoms with Crippen molar-refractivity contribution in [2.75, 3.05) is 17.4 Å². The topological polar surface area (TPSA) is 67.3 Å². The van der Waals surface area contributed by atoms with E-state index in [2.05, 4.69) is 19.2 Å². The van der Waals surface area contributed by atoms with Gasteiger partial charge in [0.15, 0.2) is 0 Å². The van der Waals surface area contributed by atoms with Crippen LogP contribution in [0.3, 0.4) is 0 Å². The van der Waals surface area contributed by atoms with E-state index in [0.29, 0.717) is 5.92 Å². The van der Waals surface area contributed by atoms with Crippen molar-refractivity contribution in [3.8, 4) is 0 Å². The molecular weight excluding hydrogens is 224 g/mol. The average molecular weight is 248 g/mol. The van der Waals surface area contributed by atoms with E-state index in [0.717, 1.165) is 29.9 Å². The highest BCUT2D eigenvalue weighted by Gasteiger charge is 2.01. The van der Waals surface area contributed by atoms with Crippen molar-refractivity contribution in [1.82, 2.24) is 0 Å². The summed E-state index contributed by atoms with van der Waals surface area (Å²) in [6.45, 7) is 4.37. The lowest BCUT2D eigenvalue weighted by Crippen LogP contribution is -2.26. The van der Waals surface area contributed by atoms with Gasteiger partial charge in [-0.05, 0) is 43.0 Å². The molecular formula is C14H24N4. The van der Waals surface area contributed by atoms with Crippen molar-refractivity contribution in [2.24, 2.45) is 17.5 Å². The summed E-state index contributed by atoms with van der Waals surface area (Å²) in [6.07, 6.45) is 3.74. The number of nitrogens with two attached hydrogens (primary N) is 2. The summed E-state index contributed by atoms with van der Waals surface area (Å²) in [5.74, 6) is 6.60. The molecule has 0 unspecified atom stereocenters. The predicted octanol–water partition coefficient (Wildman–Crippen LogP) is 2.64. The summed E-state index contributed by atoms with van der Waals surface area (Å²) < 4.78 is 0. The van der Waals surface area contributed by atoms with Crippen LogP contribution < -0.4 is 21.9 Å². The molecule has 0 aromatic heterocycles. The van der Waals surface area contributed by atoms with Gasteiger partial charge in [-0.25, -0.2) is 5.84 Å². The van der Waals surface area contributed by atoms with Gasteiger partial charge in [-0.2, -0.15) is 0 Å². The zero-order valence-electron chi connectivity index (χ0n) is 11.5. The van der Waals surface area contributed by atoms with Gasteiger partial charge < -0.3 is 11.1 Å². The molecule has 0 aliphatic rings. The normalized spacial score (nSPS) is 11.7. The van der Waals surface area contributed by atoms with Crippen molar-refractivity contribution in [3.63, 3.8) is 0 Å². The standard InChI is InChI=1S/C14H24N4/c1-11(2)4-5-12(15)10-18(16)14-8-6-13(17-3)7-9-14/h6-11,17H,4-5,15-16H2,1-3H3/b12-10-. The van der Waals surface area contributed by atoms with E-state index >= 15 is 0 Å². The van der Waals surface area contributed by atoms with E-state index in [1.165, 1.54) is 0 Å². The van der Waals surface area contributed by atoms with E-state index < -0.39 is 0 Å². The number of hydrogen-bond acceptors (Lipinski definition) is 4. The van der Waals surface area contributed by atoms with Gasteiger partial charge in [0.1, 0.15) is 0 Å². The van der Waals surface area contributed by atoms with Crippen LogP contribution in [0.25, 0.3) is 0 Å². The van der Waals surface area contributed by atoms with E-state index in [9.17, 15) is 0 Å². The Labute approximate surface area is 110 Å². The lowest BCUT2D eigenvalue weighted by molar-refractivity contribution is 0.582. The molecule has 0 saturated heterocycles. The summed E-state index contributed by atoms with van der Waals surface area (Å²) in [5, 5.41) is 4.63. The second kappa shape index (κ2) is 6.91. The molecule has 100 valence electrons. The summed E-state index contributed by atoms with van der Waals surface area (Å²) in [5.41, 5.74) is 8.73. The zero-order valence-corrected chi connectivity index (χ0v) is 11.5. The molecule has 0 amide bonds. The molecule has 0 radical (unpaired) electrons.